The van der Waals surface area contributed by atoms with Gasteiger partial charge in [0, 0.05) is 18.7 Å². The van der Waals surface area contributed by atoms with E-state index in [0.717, 1.165) is 55.1 Å². The van der Waals surface area contributed by atoms with Gasteiger partial charge < -0.3 is 0 Å². The molecule has 0 bridgehead atoms. The SMILES string of the molecule is CC(=O)Nn1c(C#CCCCc2ccccc2)c(CCCc2ccccc2)c2ccccc21. The zero-order chi connectivity index (χ0) is 22.9. The predicted molar refractivity (Wildman–Crippen MR) is 137 cm³/mol. The van der Waals surface area contributed by atoms with Crippen LogP contribution in [0.15, 0.2) is 84.9 Å². The summed E-state index contributed by atoms with van der Waals surface area (Å²) in [6, 6.07) is 29.3. The predicted octanol–water partition coefficient (Wildman–Crippen LogP) is 6.28. The Labute approximate surface area is 196 Å². The van der Waals surface area contributed by atoms with E-state index in [4.69, 9.17) is 0 Å². The lowest BCUT2D eigenvalue weighted by Gasteiger charge is -2.08. The fraction of sp³-hybridized carbons (Fsp3) is 0.233. The van der Waals surface area contributed by atoms with Crippen LogP contribution >= 0.6 is 0 Å². The Morgan fingerprint density at radius 3 is 2.06 bits per heavy atom. The van der Waals surface area contributed by atoms with E-state index < -0.39 is 0 Å². The molecule has 0 aliphatic rings. The van der Waals surface area contributed by atoms with Crippen molar-refractivity contribution in [2.24, 2.45) is 0 Å². The molecule has 0 saturated carbocycles. The summed E-state index contributed by atoms with van der Waals surface area (Å²) in [5.74, 6) is 6.68. The van der Waals surface area contributed by atoms with Crippen LogP contribution in [0.25, 0.3) is 10.9 Å². The first-order chi connectivity index (χ1) is 16.2. The van der Waals surface area contributed by atoms with Gasteiger partial charge in [-0.2, -0.15) is 0 Å². The number of carbonyl (C=O) groups excluding carboxylic acids is 1. The van der Waals surface area contributed by atoms with E-state index >= 15 is 0 Å². The summed E-state index contributed by atoms with van der Waals surface area (Å²) in [7, 11) is 0. The molecule has 0 atom stereocenters. The van der Waals surface area contributed by atoms with Gasteiger partial charge >= 0.3 is 0 Å². The number of unbranched alkanes of at least 4 members (excludes halogenated alkanes) is 1. The van der Waals surface area contributed by atoms with Crippen molar-refractivity contribution in [3.8, 4) is 11.8 Å². The fourth-order valence-corrected chi connectivity index (χ4v) is 4.25. The summed E-state index contributed by atoms with van der Waals surface area (Å²) in [4.78, 5) is 12.0. The number of benzene rings is 3. The minimum atomic E-state index is -0.0984. The summed E-state index contributed by atoms with van der Waals surface area (Å²) in [5.41, 5.74) is 8.78. The average Bonchev–Trinajstić information content (AvgIpc) is 3.12. The van der Waals surface area contributed by atoms with Crippen molar-refractivity contribution < 1.29 is 4.79 Å². The number of amides is 1. The summed E-state index contributed by atoms with van der Waals surface area (Å²) in [5, 5.41) is 1.16. The van der Waals surface area contributed by atoms with Gasteiger partial charge in [0.05, 0.1) is 5.52 Å². The molecule has 0 radical (unpaired) electrons. The van der Waals surface area contributed by atoms with Crippen molar-refractivity contribution in [2.45, 2.75) is 45.4 Å². The molecule has 0 aliphatic heterocycles. The lowest BCUT2D eigenvalue weighted by atomic mass is 10.0. The van der Waals surface area contributed by atoms with Gasteiger partial charge in [-0.1, -0.05) is 84.8 Å². The molecule has 0 unspecified atom stereocenters. The Bertz CT molecular complexity index is 1260. The van der Waals surface area contributed by atoms with Gasteiger partial charge in [0.25, 0.3) is 0 Å². The Morgan fingerprint density at radius 2 is 1.39 bits per heavy atom. The number of hydrogen-bond donors (Lipinski definition) is 1. The number of rotatable bonds is 8. The smallest absolute Gasteiger partial charge is 0.235 e. The van der Waals surface area contributed by atoms with Crippen molar-refractivity contribution in [2.75, 3.05) is 5.43 Å². The highest BCUT2D eigenvalue weighted by atomic mass is 16.2. The van der Waals surface area contributed by atoms with Crippen LogP contribution in [-0.2, 0) is 24.1 Å². The molecule has 1 aromatic heterocycles. The number of nitrogens with one attached hydrogen (secondary N) is 1. The minimum absolute atomic E-state index is 0.0984. The Hall–Kier alpha value is -3.77. The van der Waals surface area contributed by atoms with Crippen molar-refractivity contribution in [1.29, 1.82) is 0 Å². The molecule has 33 heavy (non-hydrogen) atoms. The number of aryl methyl sites for hydroxylation is 3. The normalized spacial score (nSPS) is 10.6. The van der Waals surface area contributed by atoms with E-state index in [-0.39, 0.29) is 5.91 Å². The third-order valence-electron chi connectivity index (χ3n) is 5.80. The number of para-hydroxylation sites is 1. The van der Waals surface area contributed by atoms with Gasteiger partial charge in [-0.05, 0) is 60.8 Å². The molecule has 166 valence electrons. The molecule has 1 heterocycles. The Kier molecular flexibility index (Phi) is 7.61. The molecule has 0 aliphatic carbocycles. The van der Waals surface area contributed by atoms with Gasteiger partial charge in [0.2, 0.25) is 5.91 Å². The zero-order valence-electron chi connectivity index (χ0n) is 19.2. The number of nitrogens with zero attached hydrogens (tertiary/aromatic N) is 1. The third kappa shape index (κ3) is 5.93. The standard InChI is InChI=1S/C30H30N2O/c1-24(33)31-32-29(22-10-4-9-16-25-14-5-2-6-15-25)28(27-20-11-12-23-30(27)32)21-13-19-26-17-7-3-8-18-26/h2-3,5-8,11-12,14-15,17-18,20,23H,4,9,13,16,19,21H2,1H3,(H,31,33). The molecule has 3 nitrogen and oxygen atoms in total. The van der Waals surface area contributed by atoms with E-state index in [1.165, 1.54) is 16.7 Å². The van der Waals surface area contributed by atoms with Crippen LogP contribution in [0.1, 0.15) is 48.6 Å². The number of aromatic nitrogens is 1. The first-order valence-corrected chi connectivity index (χ1v) is 11.7. The first kappa shape index (κ1) is 22.4. The minimum Gasteiger partial charge on any atom is -0.274 e. The van der Waals surface area contributed by atoms with E-state index in [1.54, 1.807) is 6.92 Å². The van der Waals surface area contributed by atoms with Crippen molar-refractivity contribution >= 4 is 16.8 Å². The largest absolute Gasteiger partial charge is 0.274 e. The molecule has 1 amide bonds. The maximum absolute atomic E-state index is 12.0. The second-order valence-electron chi connectivity index (χ2n) is 8.33. The highest BCUT2D eigenvalue weighted by Crippen LogP contribution is 2.27. The Morgan fingerprint density at radius 1 is 0.788 bits per heavy atom. The van der Waals surface area contributed by atoms with Crippen molar-refractivity contribution in [3.05, 3.63) is 107 Å². The Balaban J connectivity index is 1.57. The summed E-state index contributed by atoms with van der Waals surface area (Å²) in [6.07, 6.45) is 5.82. The average molecular weight is 435 g/mol. The molecule has 0 saturated heterocycles. The lowest BCUT2D eigenvalue weighted by Crippen LogP contribution is -2.21. The van der Waals surface area contributed by atoms with Crippen LogP contribution in [0.4, 0.5) is 0 Å². The maximum atomic E-state index is 12.0. The second-order valence-corrected chi connectivity index (χ2v) is 8.33. The molecule has 1 N–H and O–H groups in total. The highest BCUT2D eigenvalue weighted by molar-refractivity contribution is 5.90. The molecule has 3 aromatic carbocycles. The number of fused-ring (bicyclic) bond motifs is 1. The van der Waals surface area contributed by atoms with Crippen LogP contribution in [0, 0.1) is 11.8 Å². The first-order valence-electron chi connectivity index (χ1n) is 11.7. The summed E-state index contributed by atoms with van der Waals surface area (Å²) >= 11 is 0. The monoisotopic (exact) mass is 434 g/mol. The van der Waals surface area contributed by atoms with E-state index in [2.05, 4.69) is 84.0 Å². The molecule has 0 spiro atoms. The van der Waals surface area contributed by atoms with E-state index in [9.17, 15) is 4.79 Å². The molecule has 3 heteroatoms. The van der Waals surface area contributed by atoms with Crippen LogP contribution < -0.4 is 5.43 Å². The highest BCUT2D eigenvalue weighted by Gasteiger charge is 2.16. The van der Waals surface area contributed by atoms with Gasteiger partial charge in [0.15, 0.2) is 0 Å². The van der Waals surface area contributed by atoms with Crippen LogP contribution in [0.2, 0.25) is 0 Å². The van der Waals surface area contributed by atoms with Gasteiger partial charge in [-0.3, -0.25) is 10.2 Å². The third-order valence-corrected chi connectivity index (χ3v) is 5.80. The van der Waals surface area contributed by atoms with Crippen molar-refractivity contribution in [1.82, 2.24) is 4.68 Å². The summed E-state index contributed by atoms with van der Waals surface area (Å²) < 4.78 is 1.87. The molecular weight excluding hydrogens is 404 g/mol. The van der Waals surface area contributed by atoms with Gasteiger partial charge in [-0.15, -0.1) is 0 Å². The fourth-order valence-electron chi connectivity index (χ4n) is 4.25. The number of hydrogen-bond acceptors (Lipinski definition) is 1. The van der Waals surface area contributed by atoms with Gasteiger partial charge in [0.1, 0.15) is 5.69 Å². The molecular formula is C30H30N2O. The van der Waals surface area contributed by atoms with Crippen LogP contribution in [-0.4, -0.2) is 10.6 Å². The number of carbonyl (C=O) groups is 1. The second kappa shape index (κ2) is 11.2. The molecule has 4 rings (SSSR count). The molecule has 4 aromatic rings. The summed E-state index contributed by atoms with van der Waals surface area (Å²) in [6.45, 7) is 1.54. The lowest BCUT2D eigenvalue weighted by molar-refractivity contribution is -0.115. The zero-order valence-corrected chi connectivity index (χ0v) is 19.2. The van der Waals surface area contributed by atoms with Gasteiger partial charge in [-0.25, -0.2) is 4.68 Å². The maximum Gasteiger partial charge on any atom is 0.235 e. The molecule has 0 fully saturated rings. The quantitative estimate of drug-likeness (QED) is 0.257. The van der Waals surface area contributed by atoms with E-state index in [1.807, 2.05) is 22.9 Å². The van der Waals surface area contributed by atoms with Crippen LogP contribution in [0.5, 0.6) is 0 Å². The van der Waals surface area contributed by atoms with E-state index in [0.29, 0.717) is 0 Å². The van der Waals surface area contributed by atoms with Crippen molar-refractivity contribution in [3.63, 3.8) is 0 Å². The topological polar surface area (TPSA) is 34.0 Å². The van der Waals surface area contributed by atoms with Crippen LogP contribution in [0.3, 0.4) is 0 Å².